The average Bonchev–Trinajstić information content (AvgIpc) is 3.21. The summed E-state index contributed by atoms with van der Waals surface area (Å²) in [6.45, 7) is -0.240. The first-order valence-electron chi connectivity index (χ1n) is 8.26. The van der Waals surface area contributed by atoms with E-state index in [0.29, 0.717) is 12.1 Å². The molecule has 1 atom stereocenters. The second-order valence-electron chi connectivity index (χ2n) is 6.49. The smallest absolute Gasteiger partial charge is 0.264 e. The van der Waals surface area contributed by atoms with E-state index in [4.69, 9.17) is 0 Å². The van der Waals surface area contributed by atoms with Crippen LogP contribution in [0.1, 0.15) is 22.8 Å². The van der Waals surface area contributed by atoms with E-state index < -0.39 is 21.2 Å². The fourth-order valence-electron chi connectivity index (χ4n) is 3.20. The molecule has 0 amide bonds. The zero-order chi connectivity index (χ0) is 19.2. The number of nitrogens with zero attached hydrogens (tertiary/aromatic N) is 4. The van der Waals surface area contributed by atoms with Crippen LogP contribution in [0.2, 0.25) is 0 Å². The Kier molecular flexibility index (Phi) is 4.14. The van der Waals surface area contributed by atoms with Gasteiger partial charge >= 0.3 is 0 Å². The first-order valence-corrected chi connectivity index (χ1v) is 10.1. The maximum absolute atomic E-state index is 13.0. The Morgan fingerprint density at radius 2 is 2.00 bits per heavy atom. The summed E-state index contributed by atoms with van der Waals surface area (Å²) in [4.78, 5) is 29.2. The predicted octanol–water partition coefficient (Wildman–Crippen LogP) is 0.975. The van der Waals surface area contributed by atoms with E-state index in [0.717, 1.165) is 4.57 Å². The summed E-state index contributed by atoms with van der Waals surface area (Å²) in [5.41, 5.74) is 0.144. The Morgan fingerprint density at radius 3 is 2.67 bits per heavy atom. The maximum atomic E-state index is 13.0. The summed E-state index contributed by atoms with van der Waals surface area (Å²) in [7, 11) is -3.10. The van der Waals surface area contributed by atoms with E-state index in [9.17, 15) is 22.4 Å². The number of rotatable bonds is 4. The summed E-state index contributed by atoms with van der Waals surface area (Å²) in [6.07, 6.45) is 3.01. The second kappa shape index (κ2) is 6.38. The minimum atomic E-state index is -3.10. The van der Waals surface area contributed by atoms with Gasteiger partial charge in [-0.3, -0.25) is 14.2 Å². The largest absolute Gasteiger partial charge is 0.292 e. The van der Waals surface area contributed by atoms with Crippen LogP contribution in [0.15, 0.2) is 41.6 Å². The van der Waals surface area contributed by atoms with Crippen LogP contribution < -0.4 is 5.56 Å². The lowest BCUT2D eigenvalue weighted by atomic mass is 10.1. The highest BCUT2D eigenvalue weighted by molar-refractivity contribution is 7.91. The van der Waals surface area contributed by atoms with Crippen LogP contribution in [0.4, 0.5) is 4.39 Å². The number of benzene rings is 1. The molecule has 140 valence electrons. The van der Waals surface area contributed by atoms with E-state index in [2.05, 4.69) is 10.1 Å². The zero-order valence-electron chi connectivity index (χ0n) is 14.1. The SMILES string of the molecule is O=C(Cn1cnc2c(cnn2[C@@H]2CCS(=O)(=O)C2)c1=O)c1ccc(F)cc1. The molecule has 0 N–H and O–H groups in total. The van der Waals surface area contributed by atoms with Crippen molar-refractivity contribution >= 4 is 26.7 Å². The Hall–Kier alpha value is -2.88. The van der Waals surface area contributed by atoms with Crippen molar-refractivity contribution in [1.82, 2.24) is 19.3 Å². The van der Waals surface area contributed by atoms with Crippen molar-refractivity contribution in [2.75, 3.05) is 11.5 Å². The normalized spacial score (nSPS) is 18.8. The van der Waals surface area contributed by atoms with Crippen LogP contribution in [-0.2, 0) is 16.4 Å². The summed E-state index contributed by atoms with van der Waals surface area (Å²) in [6, 6.07) is 4.71. The van der Waals surface area contributed by atoms with E-state index in [-0.39, 0.29) is 40.8 Å². The summed E-state index contributed by atoms with van der Waals surface area (Å²) >= 11 is 0. The fourth-order valence-corrected chi connectivity index (χ4v) is 4.89. The van der Waals surface area contributed by atoms with Gasteiger partial charge in [-0.1, -0.05) is 0 Å². The van der Waals surface area contributed by atoms with Gasteiger partial charge in [0.1, 0.15) is 17.5 Å². The molecule has 0 aliphatic carbocycles. The number of hydrogen-bond acceptors (Lipinski definition) is 6. The molecule has 27 heavy (non-hydrogen) atoms. The number of hydrogen-bond donors (Lipinski definition) is 0. The van der Waals surface area contributed by atoms with Crippen LogP contribution in [-0.4, -0.2) is 45.0 Å². The number of sulfone groups is 1. The Morgan fingerprint density at radius 1 is 1.26 bits per heavy atom. The van der Waals surface area contributed by atoms with Gasteiger partial charge in [0.25, 0.3) is 5.56 Å². The lowest BCUT2D eigenvalue weighted by Gasteiger charge is -2.10. The molecule has 3 aromatic rings. The molecule has 1 saturated heterocycles. The molecule has 1 fully saturated rings. The Balaban J connectivity index is 1.64. The first kappa shape index (κ1) is 17.5. The number of halogens is 1. The summed E-state index contributed by atoms with van der Waals surface area (Å²) in [5.74, 6) is -0.750. The van der Waals surface area contributed by atoms with Crippen LogP contribution in [0.3, 0.4) is 0 Å². The molecule has 1 aromatic carbocycles. The predicted molar refractivity (Wildman–Crippen MR) is 94.8 cm³/mol. The monoisotopic (exact) mass is 390 g/mol. The second-order valence-corrected chi connectivity index (χ2v) is 8.72. The van der Waals surface area contributed by atoms with E-state index in [1.165, 1.54) is 41.5 Å². The number of Topliss-reactive ketones (excluding diaryl/α,β-unsaturated/α-hetero) is 1. The maximum Gasteiger partial charge on any atom is 0.264 e. The zero-order valence-corrected chi connectivity index (χ0v) is 14.9. The molecule has 0 unspecified atom stereocenters. The molecule has 0 spiro atoms. The lowest BCUT2D eigenvalue weighted by molar-refractivity contribution is 0.0970. The van der Waals surface area contributed by atoms with Crippen molar-refractivity contribution in [3.63, 3.8) is 0 Å². The first-order chi connectivity index (χ1) is 12.8. The number of fused-ring (bicyclic) bond motifs is 1. The van der Waals surface area contributed by atoms with E-state index in [1.807, 2.05) is 0 Å². The third-order valence-electron chi connectivity index (χ3n) is 4.61. The van der Waals surface area contributed by atoms with Gasteiger partial charge in [0.05, 0.1) is 30.3 Å². The highest BCUT2D eigenvalue weighted by atomic mass is 32.2. The molecule has 0 radical (unpaired) electrons. The number of aromatic nitrogens is 4. The van der Waals surface area contributed by atoms with Crippen LogP contribution in [0.5, 0.6) is 0 Å². The molecule has 1 aliphatic heterocycles. The fraction of sp³-hybridized carbons (Fsp3) is 0.294. The minimum Gasteiger partial charge on any atom is -0.292 e. The van der Waals surface area contributed by atoms with Crippen molar-refractivity contribution in [2.24, 2.45) is 0 Å². The van der Waals surface area contributed by atoms with Gasteiger partial charge in [0.2, 0.25) is 0 Å². The van der Waals surface area contributed by atoms with E-state index >= 15 is 0 Å². The minimum absolute atomic E-state index is 0.0302. The van der Waals surface area contributed by atoms with Gasteiger partial charge in [-0.25, -0.2) is 22.5 Å². The average molecular weight is 390 g/mol. The molecular formula is C17H15FN4O4S. The molecular weight excluding hydrogens is 375 g/mol. The van der Waals surface area contributed by atoms with Crippen molar-refractivity contribution in [3.8, 4) is 0 Å². The quantitative estimate of drug-likeness (QED) is 0.615. The third kappa shape index (κ3) is 3.27. The van der Waals surface area contributed by atoms with Gasteiger partial charge in [0, 0.05) is 5.56 Å². The topological polar surface area (TPSA) is 104 Å². The molecule has 0 bridgehead atoms. The van der Waals surface area contributed by atoms with Gasteiger partial charge in [-0.05, 0) is 30.7 Å². The number of carbonyl (C=O) groups excluding carboxylic acids is 1. The standard InChI is InChI=1S/C17H15FN4O4S/c18-12-3-1-11(2-4-12)15(23)8-21-10-19-16-14(17(21)24)7-20-22(16)13-5-6-27(25,26)9-13/h1-4,7,10,13H,5-6,8-9H2/t13-/m1/s1. The summed E-state index contributed by atoms with van der Waals surface area (Å²) < 4.78 is 39.0. The van der Waals surface area contributed by atoms with Gasteiger partial charge in [-0.2, -0.15) is 5.10 Å². The molecule has 4 rings (SSSR count). The molecule has 1 aliphatic rings. The Labute approximate surface area is 153 Å². The van der Waals surface area contributed by atoms with Gasteiger partial charge < -0.3 is 0 Å². The highest BCUT2D eigenvalue weighted by Crippen LogP contribution is 2.25. The Bertz CT molecular complexity index is 1200. The van der Waals surface area contributed by atoms with Gasteiger partial charge in [0.15, 0.2) is 21.3 Å². The van der Waals surface area contributed by atoms with Crippen LogP contribution in [0, 0.1) is 5.82 Å². The van der Waals surface area contributed by atoms with Gasteiger partial charge in [-0.15, -0.1) is 0 Å². The van der Waals surface area contributed by atoms with Crippen molar-refractivity contribution in [1.29, 1.82) is 0 Å². The summed E-state index contributed by atoms with van der Waals surface area (Å²) in [5, 5.41) is 4.36. The van der Waals surface area contributed by atoms with Crippen LogP contribution >= 0.6 is 0 Å². The van der Waals surface area contributed by atoms with Crippen molar-refractivity contribution < 1.29 is 17.6 Å². The third-order valence-corrected chi connectivity index (χ3v) is 6.36. The number of carbonyl (C=O) groups is 1. The number of ketones is 1. The van der Waals surface area contributed by atoms with Crippen molar-refractivity contribution in [2.45, 2.75) is 19.0 Å². The molecule has 0 saturated carbocycles. The molecule has 8 nitrogen and oxygen atoms in total. The lowest BCUT2D eigenvalue weighted by Crippen LogP contribution is -2.25. The molecule has 2 aromatic heterocycles. The van der Waals surface area contributed by atoms with Crippen LogP contribution in [0.25, 0.3) is 11.0 Å². The molecule has 10 heteroatoms. The molecule has 3 heterocycles. The highest BCUT2D eigenvalue weighted by Gasteiger charge is 2.31. The van der Waals surface area contributed by atoms with E-state index in [1.54, 1.807) is 0 Å². The van der Waals surface area contributed by atoms with Crippen molar-refractivity contribution in [3.05, 3.63) is 58.5 Å².